The van der Waals surface area contributed by atoms with Crippen LogP contribution in [0.1, 0.15) is 72.9 Å². The first kappa shape index (κ1) is 28.8. The summed E-state index contributed by atoms with van der Waals surface area (Å²) in [5, 5.41) is 15.9. The van der Waals surface area contributed by atoms with Gasteiger partial charge in [-0.15, -0.1) is 0 Å². The fourth-order valence-electron chi connectivity index (χ4n) is 3.87. The number of phenolic OH excluding ortho intramolecular Hbond substituents is 1. The second kappa shape index (κ2) is 11.5. The van der Waals surface area contributed by atoms with E-state index >= 15 is 0 Å². The van der Waals surface area contributed by atoms with Crippen molar-refractivity contribution >= 4 is 29.7 Å². The fraction of sp³-hybridized carbons (Fsp3) is 0.654. The van der Waals surface area contributed by atoms with Gasteiger partial charge < -0.3 is 25.4 Å². The van der Waals surface area contributed by atoms with Gasteiger partial charge in [-0.25, -0.2) is 4.79 Å². The summed E-state index contributed by atoms with van der Waals surface area (Å²) in [5.74, 6) is 0.195. The molecule has 1 aliphatic carbocycles. The van der Waals surface area contributed by atoms with Crippen molar-refractivity contribution in [1.82, 2.24) is 15.5 Å². The minimum Gasteiger partial charge on any atom is -0.508 e. The van der Waals surface area contributed by atoms with Gasteiger partial charge in [0, 0.05) is 11.6 Å². The van der Waals surface area contributed by atoms with E-state index in [1.165, 1.54) is 12.1 Å². The van der Waals surface area contributed by atoms with Gasteiger partial charge in [-0.05, 0) is 90.0 Å². The number of carbonyl (C=O) groups is 3. The molecule has 8 nitrogen and oxygen atoms in total. The van der Waals surface area contributed by atoms with E-state index in [-0.39, 0.29) is 29.5 Å². The van der Waals surface area contributed by atoms with Crippen molar-refractivity contribution in [2.75, 3.05) is 12.0 Å². The van der Waals surface area contributed by atoms with Gasteiger partial charge in [-0.1, -0.05) is 19.1 Å². The molecule has 35 heavy (non-hydrogen) atoms. The largest absolute Gasteiger partial charge is 0.508 e. The van der Waals surface area contributed by atoms with Gasteiger partial charge in [-0.3, -0.25) is 9.59 Å². The van der Waals surface area contributed by atoms with E-state index < -0.39 is 29.3 Å². The second-order valence-corrected chi connectivity index (χ2v) is 12.2. The SMILES string of the molecule is CSCCC(NC(=O)OC(C)(C)C)C(=O)N(C(C(=O)NC(C)(C)C)c1cccc(O)c1)C1CC1C. The lowest BCUT2D eigenvalue weighted by Gasteiger charge is -2.36. The number of carbonyl (C=O) groups excluding carboxylic acids is 3. The highest BCUT2D eigenvalue weighted by molar-refractivity contribution is 7.98. The number of ether oxygens (including phenoxy) is 1. The second-order valence-electron chi connectivity index (χ2n) is 11.2. The maximum atomic E-state index is 14.1. The summed E-state index contributed by atoms with van der Waals surface area (Å²) in [4.78, 5) is 41.8. The number of phenols is 1. The molecule has 2 rings (SSSR count). The lowest BCUT2D eigenvalue weighted by atomic mass is 9.99. The molecule has 3 amide bonds. The Kier molecular flexibility index (Phi) is 9.50. The van der Waals surface area contributed by atoms with Crippen molar-refractivity contribution in [2.45, 2.75) is 90.6 Å². The van der Waals surface area contributed by atoms with Gasteiger partial charge in [0.25, 0.3) is 0 Å². The van der Waals surface area contributed by atoms with E-state index in [1.807, 2.05) is 34.0 Å². The van der Waals surface area contributed by atoms with Crippen LogP contribution in [0.3, 0.4) is 0 Å². The molecular formula is C26H41N3O5S. The lowest BCUT2D eigenvalue weighted by molar-refractivity contribution is -0.144. The van der Waals surface area contributed by atoms with Gasteiger partial charge in [-0.2, -0.15) is 11.8 Å². The van der Waals surface area contributed by atoms with Crippen LogP contribution in [0.25, 0.3) is 0 Å². The van der Waals surface area contributed by atoms with Gasteiger partial charge in [0.2, 0.25) is 11.8 Å². The van der Waals surface area contributed by atoms with Gasteiger partial charge >= 0.3 is 6.09 Å². The van der Waals surface area contributed by atoms with Crippen LogP contribution in [0.4, 0.5) is 4.79 Å². The molecule has 0 radical (unpaired) electrons. The average Bonchev–Trinajstić information content (AvgIpc) is 3.41. The smallest absolute Gasteiger partial charge is 0.408 e. The van der Waals surface area contributed by atoms with Crippen molar-refractivity contribution in [3.63, 3.8) is 0 Å². The van der Waals surface area contributed by atoms with Crippen LogP contribution in [0.5, 0.6) is 5.75 Å². The molecular weight excluding hydrogens is 466 g/mol. The van der Waals surface area contributed by atoms with Gasteiger partial charge in [0.05, 0.1) is 0 Å². The molecule has 0 aliphatic heterocycles. The van der Waals surface area contributed by atoms with Crippen LogP contribution in [0, 0.1) is 5.92 Å². The number of nitrogens with one attached hydrogen (secondary N) is 2. The molecule has 4 atom stereocenters. The van der Waals surface area contributed by atoms with Crippen LogP contribution in [-0.2, 0) is 14.3 Å². The first-order valence-corrected chi connectivity index (χ1v) is 13.4. The molecule has 1 aliphatic rings. The Morgan fingerprint density at radius 2 is 1.83 bits per heavy atom. The third-order valence-corrected chi connectivity index (χ3v) is 6.13. The van der Waals surface area contributed by atoms with Crippen molar-refractivity contribution in [3.8, 4) is 5.75 Å². The summed E-state index contributed by atoms with van der Waals surface area (Å²) in [5.41, 5.74) is -0.721. The number of thioether (sulfide) groups is 1. The predicted octanol–water partition coefficient (Wildman–Crippen LogP) is 4.23. The molecule has 9 heteroatoms. The topological polar surface area (TPSA) is 108 Å². The van der Waals surface area contributed by atoms with Gasteiger partial charge in [0.15, 0.2) is 0 Å². The molecule has 0 heterocycles. The number of benzene rings is 1. The first-order valence-electron chi connectivity index (χ1n) is 12.0. The van der Waals surface area contributed by atoms with E-state index in [0.29, 0.717) is 17.7 Å². The zero-order chi connectivity index (χ0) is 26.6. The molecule has 1 fully saturated rings. The fourth-order valence-corrected chi connectivity index (χ4v) is 4.34. The molecule has 1 saturated carbocycles. The summed E-state index contributed by atoms with van der Waals surface area (Å²) in [6.07, 6.45) is 2.41. The first-order chi connectivity index (χ1) is 16.1. The van der Waals surface area contributed by atoms with Crippen LogP contribution in [0.2, 0.25) is 0 Å². The van der Waals surface area contributed by atoms with Crippen LogP contribution in [-0.4, -0.2) is 63.1 Å². The number of hydrogen-bond donors (Lipinski definition) is 3. The molecule has 0 saturated heterocycles. The standard InChI is InChI=1S/C26H41N3O5S/c1-16-14-20(16)29(23(32)19(12-13-35-8)27-24(33)34-26(5,6)7)21(22(31)28-25(2,3)4)17-10-9-11-18(30)15-17/h9-11,15-16,19-21,30H,12-14H2,1-8H3,(H,27,33)(H,28,31). The molecule has 1 aromatic rings. The number of aromatic hydroxyl groups is 1. The number of hydrogen-bond acceptors (Lipinski definition) is 6. The maximum absolute atomic E-state index is 14.1. The Hall–Kier alpha value is -2.42. The maximum Gasteiger partial charge on any atom is 0.408 e. The highest BCUT2D eigenvalue weighted by atomic mass is 32.2. The zero-order valence-electron chi connectivity index (χ0n) is 22.2. The Bertz CT molecular complexity index is 909. The van der Waals surface area contributed by atoms with Crippen molar-refractivity contribution in [2.24, 2.45) is 5.92 Å². The van der Waals surface area contributed by atoms with Crippen molar-refractivity contribution < 1.29 is 24.2 Å². The van der Waals surface area contributed by atoms with E-state index in [4.69, 9.17) is 4.74 Å². The quantitative estimate of drug-likeness (QED) is 0.462. The monoisotopic (exact) mass is 507 g/mol. The summed E-state index contributed by atoms with van der Waals surface area (Å²) >= 11 is 1.57. The van der Waals surface area contributed by atoms with Crippen LogP contribution >= 0.6 is 11.8 Å². The molecule has 0 bridgehead atoms. The number of alkyl carbamates (subject to hydrolysis) is 1. The predicted molar refractivity (Wildman–Crippen MR) is 139 cm³/mol. The summed E-state index contributed by atoms with van der Waals surface area (Å²) in [6, 6.07) is 4.47. The Morgan fingerprint density at radius 1 is 1.20 bits per heavy atom. The minimum atomic E-state index is -0.957. The number of amides is 3. The third-order valence-electron chi connectivity index (χ3n) is 5.49. The molecule has 3 N–H and O–H groups in total. The molecule has 0 spiro atoms. The summed E-state index contributed by atoms with van der Waals surface area (Å²) in [7, 11) is 0. The zero-order valence-corrected chi connectivity index (χ0v) is 23.0. The van der Waals surface area contributed by atoms with E-state index in [2.05, 4.69) is 10.6 Å². The van der Waals surface area contributed by atoms with Crippen LogP contribution < -0.4 is 10.6 Å². The minimum absolute atomic E-state index is 0.0121. The van der Waals surface area contributed by atoms with E-state index in [9.17, 15) is 19.5 Å². The van der Waals surface area contributed by atoms with Crippen molar-refractivity contribution in [3.05, 3.63) is 29.8 Å². The Balaban J connectivity index is 2.49. The Morgan fingerprint density at radius 3 is 2.31 bits per heavy atom. The van der Waals surface area contributed by atoms with Crippen molar-refractivity contribution in [1.29, 1.82) is 0 Å². The highest BCUT2D eigenvalue weighted by Gasteiger charge is 2.48. The number of rotatable bonds is 9. The van der Waals surface area contributed by atoms with E-state index in [1.54, 1.807) is 49.6 Å². The van der Waals surface area contributed by atoms with Crippen LogP contribution in [0.15, 0.2) is 24.3 Å². The molecule has 0 aromatic heterocycles. The molecule has 1 aromatic carbocycles. The summed E-state index contributed by atoms with van der Waals surface area (Å²) < 4.78 is 5.41. The third kappa shape index (κ3) is 8.94. The lowest BCUT2D eigenvalue weighted by Crippen LogP contribution is -2.55. The number of nitrogens with zero attached hydrogens (tertiary/aromatic N) is 1. The Labute approximate surface area is 213 Å². The highest BCUT2D eigenvalue weighted by Crippen LogP contribution is 2.41. The van der Waals surface area contributed by atoms with Gasteiger partial charge in [0.1, 0.15) is 23.4 Å². The molecule has 4 unspecified atom stereocenters. The molecule has 196 valence electrons. The normalized spacial score (nSPS) is 19.3. The summed E-state index contributed by atoms with van der Waals surface area (Å²) in [6.45, 7) is 12.9. The van der Waals surface area contributed by atoms with E-state index in [0.717, 1.165) is 6.42 Å². The average molecular weight is 508 g/mol.